The van der Waals surface area contributed by atoms with Crippen LogP contribution >= 0.6 is 0 Å². The van der Waals surface area contributed by atoms with E-state index in [9.17, 15) is 19.5 Å². The van der Waals surface area contributed by atoms with Gasteiger partial charge in [-0.25, -0.2) is 9.59 Å². The van der Waals surface area contributed by atoms with Gasteiger partial charge in [0.1, 0.15) is 0 Å². The standard InChI is InChI=1S/C25H26N2O7/c1-5-32-22-12-17(9-10-21(22)33-14-23(28)34-15(2)3)11-20-16(4)26-27(24(20)29)19-8-6-7-18(13-19)25(30)31/h6-13,15H,5,14H2,1-4H3,(H,30,31). The number of hydrazone groups is 1. The number of ether oxygens (including phenoxy) is 3. The van der Waals surface area contributed by atoms with E-state index < -0.39 is 11.9 Å². The van der Waals surface area contributed by atoms with Gasteiger partial charge in [0.05, 0.1) is 35.2 Å². The zero-order valence-corrected chi connectivity index (χ0v) is 19.4. The van der Waals surface area contributed by atoms with Crippen molar-refractivity contribution in [1.82, 2.24) is 0 Å². The third kappa shape index (κ3) is 5.80. The highest BCUT2D eigenvalue weighted by atomic mass is 16.6. The molecule has 9 nitrogen and oxygen atoms in total. The first kappa shape index (κ1) is 24.5. The minimum atomic E-state index is -1.09. The highest BCUT2D eigenvalue weighted by Gasteiger charge is 2.29. The molecule has 0 fully saturated rings. The van der Waals surface area contributed by atoms with E-state index in [2.05, 4.69) is 5.10 Å². The molecule has 34 heavy (non-hydrogen) atoms. The van der Waals surface area contributed by atoms with Gasteiger partial charge in [-0.1, -0.05) is 12.1 Å². The normalized spacial score (nSPS) is 14.4. The van der Waals surface area contributed by atoms with Gasteiger partial charge in [0, 0.05) is 0 Å². The number of rotatable bonds is 9. The van der Waals surface area contributed by atoms with E-state index in [1.165, 1.54) is 17.1 Å². The first-order chi connectivity index (χ1) is 16.2. The van der Waals surface area contributed by atoms with Crippen LogP contribution in [0.25, 0.3) is 6.08 Å². The SMILES string of the molecule is CCOc1cc(C=C2C(=O)N(c3cccc(C(=O)O)c3)N=C2C)ccc1OCC(=O)OC(C)C. The zero-order chi connectivity index (χ0) is 24.8. The third-order valence-electron chi connectivity index (χ3n) is 4.69. The van der Waals surface area contributed by atoms with Crippen LogP contribution in [0.1, 0.15) is 43.6 Å². The van der Waals surface area contributed by atoms with Gasteiger partial charge in [0.25, 0.3) is 5.91 Å². The topological polar surface area (TPSA) is 115 Å². The molecule has 1 aliphatic heterocycles. The number of aromatic carboxylic acids is 1. The smallest absolute Gasteiger partial charge is 0.344 e. The van der Waals surface area contributed by atoms with E-state index >= 15 is 0 Å². The fourth-order valence-electron chi connectivity index (χ4n) is 3.23. The van der Waals surface area contributed by atoms with Crippen LogP contribution in [0.15, 0.2) is 53.1 Å². The van der Waals surface area contributed by atoms with Gasteiger partial charge in [-0.15, -0.1) is 0 Å². The summed E-state index contributed by atoms with van der Waals surface area (Å²) in [5, 5.41) is 14.7. The maximum atomic E-state index is 13.0. The van der Waals surface area contributed by atoms with Gasteiger partial charge < -0.3 is 19.3 Å². The van der Waals surface area contributed by atoms with Crippen LogP contribution in [0.2, 0.25) is 0 Å². The number of benzene rings is 2. The van der Waals surface area contributed by atoms with Crippen LogP contribution in [0.5, 0.6) is 11.5 Å². The van der Waals surface area contributed by atoms with Crippen molar-refractivity contribution in [1.29, 1.82) is 0 Å². The number of hydrogen-bond donors (Lipinski definition) is 1. The highest BCUT2D eigenvalue weighted by molar-refractivity contribution is 6.32. The van der Waals surface area contributed by atoms with E-state index in [0.717, 1.165) is 0 Å². The van der Waals surface area contributed by atoms with E-state index in [-0.39, 0.29) is 24.2 Å². The van der Waals surface area contributed by atoms with Gasteiger partial charge >= 0.3 is 11.9 Å². The minimum absolute atomic E-state index is 0.0600. The molecule has 0 aliphatic carbocycles. The highest BCUT2D eigenvalue weighted by Crippen LogP contribution is 2.31. The molecule has 2 aromatic rings. The Morgan fingerprint density at radius 2 is 1.88 bits per heavy atom. The Kier molecular flexibility index (Phi) is 7.68. The third-order valence-corrected chi connectivity index (χ3v) is 4.69. The fourth-order valence-corrected chi connectivity index (χ4v) is 3.23. The van der Waals surface area contributed by atoms with E-state index in [1.54, 1.807) is 57.2 Å². The summed E-state index contributed by atoms with van der Waals surface area (Å²) >= 11 is 0. The van der Waals surface area contributed by atoms with Crippen LogP contribution in [-0.2, 0) is 14.3 Å². The van der Waals surface area contributed by atoms with Gasteiger partial charge in [0.15, 0.2) is 18.1 Å². The molecule has 0 bridgehead atoms. The molecule has 0 saturated heterocycles. The number of amides is 1. The summed E-state index contributed by atoms with van der Waals surface area (Å²) in [4.78, 5) is 36.1. The Bertz CT molecular complexity index is 1170. The van der Waals surface area contributed by atoms with Gasteiger partial charge in [-0.2, -0.15) is 10.1 Å². The van der Waals surface area contributed by atoms with Gasteiger partial charge in [-0.05, 0) is 69.7 Å². The lowest BCUT2D eigenvalue weighted by atomic mass is 10.1. The summed E-state index contributed by atoms with van der Waals surface area (Å²) in [5.74, 6) is -1.16. The number of esters is 1. The minimum Gasteiger partial charge on any atom is -0.490 e. The number of carbonyl (C=O) groups is 3. The molecular formula is C25H26N2O7. The number of carbonyl (C=O) groups excluding carboxylic acids is 2. The molecule has 0 unspecified atom stereocenters. The Morgan fingerprint density at radius 1 is 1.12 bits per heavy atom. The molecule has 1 amide bonds. The van der Waals surface area contributed by atoms with Crippen molar-refractivity contribution in [3.8, 4) is 11.5 Å². The van der Waals surface area contributed by atoms with Crippen molar-refractivity contribution in [2.24, 2.45) is 5.10 Å². The summed E-state index contributed by atoms with van der Waals surface area (Å²) < 4.78 is 16.3. The van der Waals surface area contributed by atoms with Crippen LogP contribution in [0, 0.1) is 0 Å². The van der Waals surface area contributed by atoms with Crippen molar-refractivity contribution in [2.75, 3.05) is 18.2 Å². The molecule has 1 aliphatic rings. The molecule has 9 heteroatoms. The monoisotopic (exact) mass is 466 g/mol. The maximum Gasteiger partial charge on any atom is 0.344 e. The Balaban J connectivity index is 1.83. The van der Waals surface area contributed by atoms with Gasteiger partial charge in [-0.3, -0.25) is 4.79 Å². The second-order valence-corrected chi connectivity index (χ2v) is 7.68. The molecule has 1 heterocycles. The van der Waals surface area contributed by atoms with E-state index in [0.29, 0.717) is 40.6 Å². The molecular weight excluding hydrogens is 440 g/mol. The average Bonchev–Trinajstić information content (AvgIpc) is 3.06. The maximum absolute atomic E-state index is 13.0. The average molecular weight is 466 g/mol. The molecule has 0 saturated carbocycles. The number of carboxylic acid groups (broad SMARTS) is 1. The summed E-state index contributed by atoms with van der Waals surface area (Å²) in [6, 6.07) is 11.1. The van der Waals surface area contributed by atoms with Crippen molar-refractivity contribution in [3.63, 3.8) is 0 Å². The van der Waals surface area contributed by atoms with Crippen molar-refractivity contribution in [3.05, 3.63) is 59.2 Å². The summed E-state index contributed by atoms with van der Waals surface area (Å²) in [6.45, 7) is 7.15. The number of anilines is 1. The quantitative estimate of drug-likeness (QED) is 0.440. The van der Waals surface area contributed by atoms with Crippen molar-refractivity contribution in [2.45, 2.75) is 33.8 Å². The van der Waals surface area contributed by atoms with Crippen molar-refractivity contribution >= 4 is 35.3 Å². The molecule has 0 spiro atoms. The predicted octanol–water partition coefficient (Wildman–Crippen LogP) is 3.92. The first-order valence-electron chi connectivity index (χ1n) is 10.7. The van der Waals surface area contributed by atoms with Crippen LogP contribution < -0.4 is 14.5 Å². The Hall–Kier alpha value is -4.14. The molecule has 0 aromatic heterocycles. The van der Waals surface area contributed by atoms with Crippen LogP contribution in [0.3, 0.4) is 0 Å². The summed E-state index contributed by atoms with van der Waals surface area (Å²) in [6.07, 6.45) is 1.43. The zero-order valence-electron chi connectivity index (χ0n) is 19.4. The Morgan fingerprint density at radius 3 is 2.56 bits per heavy atom. The molecule has 1 N–H and O–H groups in total. The van der Waals surface area contributed by atoms with E-state index in [4.69, 9.17) is 14.2 Å². The van der Waals surface area contributed by atoms with Crippen LogP contribution in [0.4, 0.5) is 5.69 Å². The molecule has 0 radical (unpaired) electrons. The summed E-state index contributed by atoms with van der Waals surface area (Å²) in [7, 11) is 0. The second-order valence-electron chi connectivity index (χ2n) is 7.68. The van der Waals surface area contributed by atoms with E-state index in [1.807, 2.05) is 6.92 Å². The predicted molar refractivity (Wildman–Crippen MR) is 126 cm³/mol. The lowest BCUT2D eigenvalue weighted by molar-refractivity contribution is -0.149. The lowest BCUT2D eigenvalue weighted by Gasteiger charge is -2.14. The number of carboxylic acids is 1. The lowest BCUT2D eigenvalue weighted by Crippen LogP contribution is -2.21. The molecule has 2 aromatic carbocycles. The number of hydrogen-bond acceptors (Lipinski definition) is 7. The number of nitrogens with zero attached hydrogens (tertiary/aromatic N) is 2. The second kappa shape index (κ2) is 10.7. The Labute approximate surface area is 197 Å². The van der Waals surface area contributed by atoms with Crippen LogP contribution in [-0.4, -0.2) is 48.0 Å². The largest absolute Gasteiger partial charge is 0.490 e. The first-order valence-corrected chi connectivity index (χ1v) is 10.7. The van der Waals surface area contributed by atoms with Gasteiger partial charge in [0.2, 0.25) is 0 Å². The summed E-state index contributed by atoms with van der Waals surface area (Å²) in [5.41, 5.74) is 1.93. The molecule has 0 atom stereocenters. The fraction of sp³-hybridized carbons (Fsp3) is 0.280. The van der Waals surface area contributed by atoms with Crippen molar-refractivity contribution < 1.29 is 33.7 Å². The molecule has 3 rings (SSSR count). The molecule has 178 valence electrons.